The number of nitrogens with zero attached hydrogens (tertiary/aromatic N) is 1. The molecular formula is C7H6ClNO3. The maximum absolute atomic E-state index is 10.4. The van der Waals surface area contributed by atoms with Gasteiger partial charge in [0.15, 0.2) is 0 Å². The summed E-state index contributed by atoms with van der Waals surface area (Å²) in [6.07, 6.45) is 2.04. The van der Waals surface area contributed by atoms with Crippen LogP contribution in [0.2, 0.25) is 5.22 Å². The SMILES string of the molecule is O=C(O)c1nc(C2CC2)c(Cl)o1. The van der Waals surface area contributed by atoms with E-state index >= 15 is 0 Å². The van der Waals surface area contributed by atoms with Gasteiger partial charge in [0.1, 0.15) is 5.69 Å². The average Bonchev–Trinajstić information content (AvgIpc) is 2.75. The van der Waals surface area contributed by atoms with E-state index in [1.807, 2.05) is 0 Å². The first-order valence-corrected chi connectivity index (χ1v) is 3.96. The molecular weight excluding hydrogens is 182 g/mol. The van der Waals surface area contributed by atoms with Crippen LogP contribution < -0.4 is 0 Å². The highest BCUT2D eigenvalue weighted by Gasteiger charge is 2.31. The van der Waals surface area contributed by atoms with Gasteiger partial charge in [-0.25, -0.2) is 9.78 Å². The lowest BCUT2D eigenvalue weighted by atomic mass is 10.3. The molecule has 1 aromatic heterocycles. The second kappa shape index (κ2) is 2.48. The Balaban J connectivity index is 2.36. The third-order valence-corrected chi connectivity index (χ3v) is 2.03. The fourth-order valence-corrected chi connectivity index (χ4v) is 1.28. The molecule has 12 heavy (non-hydrogen) atoms. The average molecular weight is 188 g/mol. The standard InChI is InChI=1S/C7H6ClNO3/c8-5-4(3-1-2-3)9-6(12-5)7(10)11/h3H,1-2H2,(H,10,11). The molecule has 2 rings (SSSR count). The number of hydrogen-bond acceptors (Lipinski definition) is 3. The first-order chi connectivity index (χ1) is 5.68. The topological polar surface area (TPSA) is 63.3 Å². The Bertz CT molecular complexity index is 329. The van der Waals surface area contributed by atoms with E-state index in [9.17, 15) is 4.79 Å². The van der Waals surface area contributed by atoms with E-state index in [-0.39, 0.29) is 11.1 Å². The minimum absolute atomic E-state index is 0.120. The molecule has 0 saturated heterocycles. The van der Waals surface area contributed by atoms with E-state index in [0.717, 1.165) is 12.8 Å². The van der Waals surface area contributed by atoms with E-state index in [1.54, 1.807) is 0 Å². The van der Waals surface area contributed by atoms with E-state index in [0.29, 0.717) is 11.6 Å². The molecule has 64 valence electrons. The number of aromatic nitrogens is 1. The van der Waals surface area contributed by atoms with Crippen LogP contribution in [0, 0.1) is 0 Å². The maximum Gasteiger partial charge on any atom is 0.392 e. The van der Waals surface area contributed by atoms with Crippen molar-refractivity contribution in [3.05, 3.63) is 16.8 Å². The summed E-state index contributed by atoms with van der Waals surface area (Å²) in [5.74, 6) is -1.18. The van der Waals surface area contributed by atoms with Crippen LogP contribution in [0.1, 0.15) is 35.1 Å². The van der Waals surface area contributed by atoms with Crippen LogP contribution in [0.25, 0.3) is 0 Å². The number of oxazole rings is 1. The summed E-state index contributed by atoms with van der Waals surface area (Å²) >= 11 is 5.63. The highest BCUT2D eigenvalue weighted by molar-refractivity contribution is 6.29. The molecule has 0 bridgehead atoms. The number of halogens is 1. The Labute approximate surface area is 73.2 Å². The first-order valence-electron chi connectivity index (χ1n) is 3.58. The third-order valence-electron chi connectivity index (χ3n) is 1.76. The number of carbonyl (C=O) groups is 1. The molecule has 1 aromatic rings. The van der Waals surface area contributed by atoms with E-state index in [2.05, 4.69) is 4.98 Å². The number of carboxylic acid groups (broad SMARTS) is 1. The van der Waals surface area contributed by atoms with E-state index < -0.39 is 5.97 Å². The lowest BCUT2D eigenvalue weighted by Crippen LogP contribution is -1.95. The predicted octanol–water partition coefficient (Wildman–Crippen LogP) is 1.90. The monoisotopic (exact) mass is 187 g/mol. The zero-order chi connectivity index (χ0) is 8.72. The van der Waals surface area contributed by atoms with E-state index in [1.165, 1.54) is 0 Å². The summed E-state index contributed by atoms with van der Waals surface area (Å²) in [5.41, 5.74) is 0.592. The van der Waals surface area contributed by atoms with E-state index in [4.69, 9.17) is 21.1 Å². The van der Waals surface area contributed by atoms with Gasteiger partial charge < -0.3 is 9.52 Å². The first kappa shape index (κ1) is 7.61. The Hall–Kier alpha value is -1.03. The summed E-state index contributed by atoms with van der Waals surface area (Å²) in [4.78, 5) is 14.2. The lowest BCUT2D eigenvalue weighted by Gasteiger charge is -1.84. The molecule has 1 fully saturated rings. The van der Waals surface area contributed by atoms with Gasteiger partial charge >= 0.3 is 11.9 Å². The Morgan fingerprint density at radius 3 is 2.75 bits per heavy atom. The summed E-state index contributed by atoms with van der Waals surface area (Å²) in [7, 11) is 0. The molecule has 0 amide bonds. The van der Waals surface area contributed by atoms with Gasteiger partial charge in [0.05, 0.1) is 0 Å². The number of aromatic carboxylic acids is 1. The van der Waals surface area contributed by atoms with Gasteiger partial charge in [0, 0.05) is 5.92 Å². The number of hydrogen-bond donors (Lipinski definition) is 1. The largest absolute Gasteiger partial charge is 0.474 e. The molecule has 1 aliphatic rings. The van der Waals surface area contributed by atoms with Gasteiger partial charge in [0.2, 0.25) is 5.22 Å². The molecule has 5 heteroatoms. The Morgan fingerprint density at radius 1 is 1.67 bits per heavy atom. The highest BCUT2D eigenvalue weighted by Crippen LogP contribution is 2.42. The molecule has 0 spiro atoms. The molecule has 1 saturated carbocycles. The fraction of sp³-hybridized carbons (Fsp3) is 0.429. The summed E-state index contributed by atoms with van der Waals surface area (Å²) < 4.78 is 4.73. The van der Waals surface area contributed by atoms with Gasteiger partial charge in [-0.15, -0.1) is 0 Å². The molecule has 4 nitrogen and oxygen atoms in total. The summed E-state index contributed by atoms with van der Waals surface area (Å²) in [6.45, 7) is 0. The Morgan fingerprint density at radius 2 is 2.33 bits per heavy atom. The van der Waals surface area contributed by atoms with Crippen molar-refractivity contribution < 1.29 is 14.3 Å². The quantitative estimate of drug-likeness (QED) is 0.768. The van der Waals surface area contributed by atoms with Crippen molar-refractivity contribution >= 4 is 17.6 Å². The van der Waals surface area contributed by atoms with Crippen molar-refractivity contribution in [2.24, 2.45) is 0 Å². The molecule has 0 aromatic carbocycles. The van der Waals surface area contributed by atoms with Crippen molar-refractivity contribution in [1.29, 1.82) is 0 Å². The normalized spacial score (nSPS) is 16.4. The van der Waals surface area contributed by atoms with Crippen molar-refractivity contribution in [2.45, 2.75) is 18.8 Å². The molecule has 1 N–H and O–H groups in total. The van der Waals surface area contributed by atoms with Crippen LogP contribution in [0.3, 0.4) is 0 Å². The molecule has 0 atom stereocenters. The Kier molecular flexibility index (Phi) is 1.58. The molecule has 0 radical (unpaired) electrons. The van der Waals surface area contributed by atoms with Crippen LogP contribution in [-0.4, -0.2) is 16.1 Å². The van der Waals surface area contributed by atoms with Crippen LogP contribution in [0.5, 0.6) is 0 Å². The highest BCUT2D eigenvalue weighted by atomic mass is 35.5. The fourth-order valence-electron chi connectivity index (χ4n) is 1.01. The van der Waals surface area contributed by atoms with Crippen molar-refractivity contribution in [3.8, 4) is 0 Å². The van der Waals surface area contributed by atoms with Gasteiger partial charge in [0.25, 0.3) is 0 Å². The zero-order valence-corrected chi connectivity index (χ0v) is 6.84. The van der Waals surface area contributed by atoms with Gasteiger partial charge in [-0.1, -0.05) is 0 Å². The summed E-state index contributed by atoms with van der Waals surface area (Å²) in [5, 5.41) is 8.63. The van der Waals surface area contributed by atoms with Crippen LogP contribution in [-0.2, 0) is 0 Å². The third kappa shape index (κ3) is 1.18. The van der Waals surface area contributed by atoms with Crippen molar-refractivity contribution in [1.82, 2.24) is 4.98 Å². The van der Waals surface area contributed by atoms with Gasteiger partial charge in [-0.2, -0.15) is 0 Å². The smallest absolute Gasteiger partial charge is 0.392 e. The lowest BCUT2D eigenvalue weighted by molar-refractivity contribution is 0.0654. The van der Waals surface area contributed by atoms with Crippen LogP contribution >= 0.6 is 11.6 Å². The van der Waals surface area contributed by atoms with Gasteiger partial charge in [-0.3, -0.25) is 0 Å². The second-order valence-corrected chi connectivity index (χ2v) is 3.10. The second-order valence-electron chi connectivity index (χ2n) is 2.76. The van der Waals surface area contributed by atoms with Gasteiger partial charge in [-0.05, 0) is 24.4 Å². The summed E-state index contributed by atoms with van der Waals surface area (Å²) in [6, 6.07) is 0. The van der Waals surface area contributed by atoms with Crippen LogP contribution in [0.15, 0.2) is 4.42 Å². The van der Waals surface area contributed by atoms with Crippen molar-refractivity contribution in [3.63, 3.8) is 0 Å². The minimum Gasteiger partial charge on any atom is -0.474 e. The van der Waals surface area contributed by atoms with Crippen LogP contribution in [0.4, 0.5) is 0 Å². The molecule has 0 aliphatic heterocycles. The molecule has 0 unspecified atom stereocenters. The molecule has 1 heterocycles. The molecule has 1 aliphatic carbocycles. The zero-order valence-electron chi connectivity index (χ0n) is 6.08. The maximum atomic E-state index is 10.4. The predicted molar refractivity (Wildman–Crippen MR) is 40.4 cm³/mol. The van der Waals surface area contributed by atoms with Crippen molar-refractivity contribution in [2.75, 3.05) is 0 Å². The number of rotatable bonds is 2. The minimum atomic E-state index is -1.18. The number of carboxylic acids is 1.